The quantitative estimate of drug-likeness (QED) is 0.777. The molecule has 2 unspecified atom stereocenters. The van der Waals surface area contributed by atoms with Crippen molar-refractivity contribution in [1.29, 1.82) is 0 Å². The molecule has 1 nitrogen and oxygen atoms in total. The van der Waals surface area contributed by atoms with E-state index in [1.807, 2.05) is 0 Å². The number of benzene rings is 1. The molecule has 15 heavy (non-hydrogen) atoms. The van der Waals surface area contributed by atoms with Gasteiger partial charge in [-0.1, -0.05) is 30.3 Å². The van der Waals surface area contributed by atoms with Gasteiger partial charge >= 0.3 is 0 Å². The van der Waals surface area contributed by atoms with Gasteiger partial charge in [-0.15, -0.1) is 0 Å². The topological polar surface area (TPSA) is 12.0 Å². The zero-order valence-electron chi connectivity index (χ0n) is 9.96. The summed E-state index contributed by atoms with van der Waals surface area (Å²) in [6.07, 6.45) is 2.65. The number of hydrogen-bond donors (Lipinski definition) is 1. The summed E-state index contributed by atoms with van der Waals surface area (Å²) in [6, 6.07) is 11.5. The number of hydrogen-bond acceptors (Lipinski definition) is 1. The maximum atomic E-state index is 3.70. The van der Waals surface area contributed by atoms with E-state index in [-0.39, 0.29) is 5.54 Å². The lowest BCUT2D eigenvalue weighted by Gasteiger charge is -2.42. The monoisotopic (exact) mass is 203 g/mol. The number of nitrogens with one attached hydrogen (secondary N) is 1. The van der Waals surface area contributed by atoms with Crippen molar-refractivity contribution >= 4 is 0 Å². The lowest BCUT2D eigenvalue weighted by atomic mass is 9.74. The summed E-state index contributed by atoms with van der Waals surface area (Å²) in [5.41, 5.74) is 1.73. The Morgan fingerprint density at radius 1 is 1.07 bits per heavy atom. The summed E-state index contributed by atoms with van der Waals surface area (Å²) in [7, 11) is 0. The highest BCUT2D eigenvalue weighted by Crippen LogP contribution is 2.37. The molecule has 82 valence electrons. The average molecular weight is 203 g/mol. The normalized spacial score (nSPS) is 26.1. The summed E-state index contributed by atoms with van der Waals surface area (Å²) in [5, 5.41) is 3.70. The van der Waals surface area contributed by atoms with Crippen molar-refractivity contribution in [3.63, 3.8) is 0 Å². The molecule has 0 bridgehead atoms. The summed E-state index contributed by atoms with van der Waals surface area (Å²) in [5.74, 6) is 0.727. The van der Waals surface area contributed by atoms with Crippen molar-refractivity contribution < 1.29 is 0 Å². The molecular formula is C14H21N. The van der Waals surface area contributed by atoms with Crippen LogP contribution < -0.4 is 5.32 Å². The molecule has 0 spiro atoms. The predicted octanol–water partition coefficient (Wildman–Crippen LogP) is 3.32. The molecular weight excluding hydrogens is 182 g/mol. The zero-order chi connectivity index (χ0) is 10.9. The molecule has 0 saturated heterocycles. The lowest BCUT2D eigenvalue weighted by Crippen LogP contribution is -2.50. The van der Waals surface area contributed by atoms with Gasteiger partial charge in [0.1, 0.15) is 0 Å². The van der Waals surface area contributed by atoms with Gasteiger partial charge in [-0.2, -0.15) is 0 Å². The van der Waals surface area contributed by atoms with Gasteiger partial charge < -0.3 is 5.32 Å². The molecule has 1 fully saturated rings. The zero-order valence-corrected chi connectivity index (χ0v) is 9.96. The Kier molecular flexibility index (Phi) is 2.83. The van der Waals surface area contributed by atoms with E-state index in [1.54, 1.807) is 0 Å². The third kappa shape index (κ3) is 2.60. The first-order valence-corrected chi connectivity index (χ1v) is 5.89. The Bertz CT molecular complexity index is 310. The SMILES string of the molecule is CC(C)(C)NC1CCC1c1ccccc1. The molecule has 1 aliphatic rings. The minimum Gasteiger partial charge on any atom is -0.309 e. The van der Waals surface area contributed by atoms with Crippen LogP contribution in [0.3, 0.4) is 0 Å². The van der Waals surface area contributed by atoms with Gasteiger partial charge in [0.15, 0.2) is 0 Å². The Labute approximate surface area is 92.9 Å². The van der Waals surface area contributed by atoms with Crippen LogP contribution in [-0.4, -0.2) is 11.6 Å². The van der Waals surface area contributed by atoms with Gasteiger partial charge in [0.25, 0.3) is 0 Å². The van der Waals surface area contributed by atoms with Crippen molar-refractivity contribution in [2.45, 2.75) is 51.1 Å². The second-order valence-corrected chi connectivity index (χ2v) is 5.60. The van der Waals surface area contributed by atoms with Crippen LogP contribution in [0.4, 0.5) is 0 Å². The maximum absolute atomic E-state index is 3.70. The third-order valence-corrected chi connectivity index (χ3v) is 3.12. The maximum Gasteiger partial charge on any atom is 0.0141 e. The Balaban J connectivity index is 2.01. The van der Waals surface area contributed by atoms with Crippen molar-refractivity contribution in [1.82, 2.24) is 5.32 Å². The molecule has 1 aliphatic carbocycles. The van der Waals surface area contributed by atoms with E-state index in [4.69, 9.17) is 0 Å². The summed E-state index contributed by atoms with van der Waals surface area (Å²) in [4.78, 5) is 0. The molecule has 1 aromatic rings. The van der Waals surface area contributed by atoms with Crippen LogP contribution in [0.1, 0.15) is 45.1 Å². The van der Waals surface area contributed by atoms with Crippen LogP contribution in [-0.2, 0) is 0 Å². The average Bonchev–Trinajstić information content (AvgIpc) is 2.13. The highest BCUT2D eigenvalue weighted by molar-refractivity contribution is 5.24. The van der Waals surface area contributed by atoms with E-state index >= 15 is 0 Å². The fourth-order valence-corrected chi connectivity index (χ4v) is 2.33. The molecule has 1 N–H and O–H groups in total. The molecule has 0 aromatic heterocycles. The van der Waals surface area contributed by atoms with E-state index in [0.29, 0.717) is 6.04 Å². The third-order valence-electron chi connectivity index (χ3n) is 3.12. The highest BCUT2D eigenvalue weighted by Gasteiger charge is 2.33. The first-order chi connectivity index (χ1) is 7.06. The summed E-state index contributed by atoms with van der Waals surface area (Å²) in [6.45, 7) is 6.73. The van der Waals surface area contributed by atoms with Crippen molar-refractivity contribution in [2.24, 2.45) is 0 Å². The minimum absolute atomic E-state index is 0.234. The van der Waals surface area contributed by atoms with Crippen molar-refractivity contribution in [3.05, 3.63) is 35.9 Å². The molecule has 2 atom stereocenters. The van der Waals surface area contributed by atoms with E-state index in [2.05, 4.69) is 56.4 Å². The van der Waals surface area contributed by atoms with Crippen LogP contribution in [0.15, 0.2) is 30.3 Å². The first-order valence-electron chi connectivity index (χ1n) is 5.89. The Hall–Kier alpha value is -0.820. The molecule has 2 rings (SSSR count). The van der Waals surface area contributed by atoms with E-state index < -0.39 is 0 Å². The molecule has 1 saturated carbocycles. The van der Waals surface area contributed by atoms with E-state index in [1.165, 1.54) is 18.4 Å². The fourth-order valence-electron chi connectivity index (χ4n) is 2.33. The second-order valence-electron chi connectivity index (χ2n) is 5.60. The van der Waals surface area contributed by atoms with Gasteiger partial charge in [-0.25, -0.2) is 0 Å². The smallest absolute Gasteiger partial charge is 0.0141 e. The molecule has 0 amide bonds. The molecule has 0 heterocycles. The van der Waals surface area contributed by atoms with Gasteiger partial charge in [0, 0.05) is 11.6 Å². The molecule has 0 aliphatic heterocycles. The highest BCUT2D eigenvalue weighted by atomic mass is 15.0. The summed E-state index contributed by atoms with van der Waals surface area (Å²) < 4.78 is 0. The Morgan fingerprint density at radius 2 is 1.73 bits per heavy atom. The molecule has 0 radical (unpaired) electrons. The van der Waals surface area contributed by atoms with Gasteiger partial charge in [0.2, 0.25) is 0 Å². The van der Waals surface area contributed by atoms with Crippen LogP contribution in [0, 0.1) is 0 Å². The van der Waals surface area contributed by atoms with Gasteiger partial charge in [0.05, 0.1) is 0 Å². The minimum atomic E-state index is 0.234. The van der Waals surface area contributed by atoms with Gasteiger partial charge in [-0.3, -0.25) is 0 Å². The predicted molar refractivity (Wildman–Crippen MR) is 65.1 cm³/mol. The standard InChI is InChI=1S/C14H21N/c1-14(2,3)15-13-10-9-12(13)11-7-5-4-6-8-11/h4-8,12-13,15H,9-10H2,1-3H3. The van der Waals surface area contributed by atoms with Crippen LogP contribution in [0.25, 0.3) is 0 Å². The van der Waals surface area contributed by atoms with Crippen molar-refractivity contribution in [3.8, 4) is 0 Å². The molecule has 1 heteroatoms. The van der Waals surface area contributed by atoms with E-state index in [9.17, 15) is 0 Å². The van der Waals surface area contributed by atoms with Crippen LogP contribution in [0.5, 0.6) is 0 Å². The van der Waals surface area contributed by atoms with Crippen LogP contribution in [0.2, 0.25) is 0 Å². The van der Waals surface area contributed by atoms with Gasteiger partial charge in [-0.05, 0) is 45.1 Å². The Morgan fingerprint density at radius 3 is 2.20 bits per heavy atom. The lowest BCUT2D eigenvalue weighted by molar-refractivity contribution is 0.228. The summed E-state index contributed by atoms with van der Waals surface area (Å²) >= 11 is 0. The molecule has 1 aromatic carbocycles. The largest absolute Gasteiger partial charge is 0.309 e. The van der Waals surface area contributed by atoms with Crippen molar-refractivity contribution in [2.75, 3.05) is 0 Å². The first kappa shape index (κ1) is 10.7. The van der Waals surface area contributed by atoms with Crippen LogP contribution >= 0.6 is 0 Å². The second kappa shape index (κ2) is 3.97. The van der Waals surface area contributed by atoms with E-state index in [0.717, 1.165) is 5.92 Å². The fraction of sp³-hybridized carbons (Fsp3) is 0.571. The number of rotatable bonds is 2.